The number of rotatable bonds is 3. The molecule has 102 valence electrons. The zero-order valence-electron chi connectivity index (χ0n) is 11.3. The number of hydrogen-bond acceptors (Lipinski definition) is 3. The largest absolute Gasteiger partial charge is 0.506 e. The first-order valence-corrected chi connectivity index (χ1v) is 7.37. The van der Waals surface area contributed by atoms with Gasteiger partial charge in [0, 0.05) is 15.6 Å². The van der Waals surface area contributed by atoms with Gasteiger partial charge in [0.1, 0.15) is 12.3 Å². The minimum absolute atomic E-state index is 0.273. The molecule has 1 aromatic heterocycles. The minimum atomic E-state index is 0.273. The van der Waals surface area contributed by atoms with Crippen molar-refractivity contribution in [2.75, 3.05) is 6.54 Å². The van der Waals surface area contributed by atoms with E-state index in [4.69, 9.17) is 6.42 Å². The Balaban J connectivity index is 2.20. The number of aliphatic imine (C=N–C) groups is 1. The zero-order valence-corrected chi connectivity index (χ0v) is 12.1. The maximum Gasteiger partial charge on any atom is 0.143 e. The molecule has 3 rings (SSSR count). The van der Waals surface area contributed by atoms with Gasteiger partial charge in [0.05, 0.1) is 10.6 Å². The van der Waals surface area contributed by atoms with Gasteiger partial charge >= 0.3 is 0 Å². The van der Waals surface area contributed by atoms with Crippen molar-refractivity contribution in [2.45, 2.75) is 0 Å². The average Bonchev–Trinajstić information content (AvgIpc) is 2.86. The van der Waals surface area contributed by atoms with Crippen LogP contribution in [0.1, 0.15) is 10.4 Å². The van der Waals surface area contributed by atoms with Crippen molar-refractivity contribution >= 4 is 27.1 Å². The number of nitrogens with zero attached hydrogens (tertiary/aromatic N) is 1. The summed E-state index contributed by atoms with van der Waals surface area (Å²) in [5.74, 6) is 2.80. The van der Waals surface area contributed by atoms with Crippen LogP contribution in [0.3, 0.4) is 0 Å². The van der Waals surface area contributed by atoms with Crippen LogP contribution in [0, 0.1) is 12.3 Å². The van der Waals surface area contributed by atoms with E-state index < -0.39 is 0 Å². The molecular weight excluding hydrogens is 278 g/mol. The van der Waals surface area contributed by atoms with E-state index >= 15 is 0 Å². The van der Waals surface area contributed by atoms with E-state index in [0.717, 1.165) is 26.2 Å². The second kappa shape index (κ2) is 5.82. The predicted molar refractivity (Wildman–Crippen MR) is 89.3 cm³/mol. The molecule has 0 saturated carbocycles. The van der Waals surface area contributed by atoms with Gasteiger partial charge in [0.2, 0.25) is 0 Å². The molecule has 0 fully saturated rings. The Hall–Kier alpha value is -2.57. The van der Waals surface area contributed by atoms with Crippen LogP contribution >= 0.6 is 11.3 Å². The SMILES string of the molecule is C#CCN=C(c1ccccc1)c1sc2ccccc2c1O. The van der Waals surface area contributed by atoms with Gasteiger partial charge in [0.25, 0.3) is 0 Å². The van der Waals surface area contributed by atoms with Crippen molar-refractivity contribution in [1.29, 1.82) is 0 Å². The molecule has 21 heavy (non-hydrogen) atoms. The van der Waals surface area contributed by atoms with Crippen LogP contribution in [-0.2, 0) is 0 Å². The summed E-state index contributed by atoms with van der Waals surface area (Å²) in [7, 11) is 0. The summed E-state index contributed by atoms with van der Waals surface area (Å²) in [6, 6.07) is 17.6. The first-order chi connectivity index (χ1) is 10.3. The average molecular weight is 291 g/mol. The molecule has 0 saturated heterocycles. The highest BCUT2D eigenvalue weighted by Gasteiger charge is 2.17. The van der Waals surface area contributed by atoms with Gasteiger partial charge < -0.3 is 5.11 Å². The molecule has 0 atom stereocenters. The van der Waals surface area contributed by atoms with Gasteiger partial charge in [-0.2, -0.15) is 0 Å². The molecule has 0 unspecified atom stereocenters. The molecule has 0 aliphatic heterocycles. The fourth-order valence-electron chi connectivity index (χ4n) is 2.21. The van der Waals surface area contributed by atoms with Gasteiger partial charge in [-0.1, -0.05) is 48.4 Å². The van der Waals surface area contributed by atoms with Crippen LogP contribution in [0.25, 0.3) is 10.1 Å². The van der Waals surface area contributed by atoms with Crippen molar-refractivity contribution < 1.29 is 5.11 Å². The summed E-state index contributed by atoms with van der Waals surface area (Å²) < 4.78 is 1.04. The normalized spacial score (nSPS) is 11.5. The standard InChI is InChI=1S/C18H13NOS/c1-2-12-19-16(13-8-4-3-5-9-13)18-17(20)14-10-6-7-11-15(14)21-18/h1,3-11,20H,12H2. The molecule has 0 spiro atoms. The third-order valence-corrected chi connectivity index (χ3v) is 4.33. The second-order valence-electron chi connectivity index (χ2n) is 4.51. The van der Waals surface area contributed by atoms with E-state index in [2.05, 4.69) is 10.9 Å². The van der Waals surface area contributed by atoms with E-state index in [0.29, 0.717) is 0 Å². The fourth-order valence-corrected chi connectivity index (χ4v) is 3.33. The monoisotopic (exact) mass is 291 g/mol. The third-order valence-electron chi connectivity index (χ3n) is 3.16. The van der Waals surface area contributed by atoms with Crippen LogP contribution in [0.15, 0.2) is 59.6 Å². The van der Waals surface area contributed by atoms with Crippen LogP contribution in [0.5, 0.6) is 5.75 Å². The fraction of sp³-hybridized carbons (Fsp3) is 0.0556. The summed E-state index contributed by atoms with van der Waals surface area (Å²) >= 11 is 1.53. The first-order valence-electron chi connectivity index (χ1n) is 6.55. The van der Waals surface area contributed by atoms with Gasteiger partial charge in [-0.3, -0.25) is 4.99 Å². The quantitative estimate of drug-likeness (QED) is 0.572. The second-order valence-corrected chi connectivity index (χ2v) is 5.56. The van der Waals surface area contributed by atoms with Gasteiger partial charge in [-0.05, 0) is 12.1 Å². The topological polar surface area (TPSA) is 32.6 Å². The molecule has 0 radical (unpaired) electrons. The Kier molecular flexibility index (Phi) is 3.72. The van der Waals surface area contributed by atoms with Crippen molar-refractivity contribution in [2.24, 2.45) is 4.99 Å². The van der Waals surface area contributed by atoms with Crippen LogP contribution in [0.2, 0.25) is 0 Å². The lowest BCUT2D eigenvalue weighted by Crippen LogP contribution is -2.02. The number of aromatic hydroxyl groups is 1. The summed E-state index contributed by atoms with van der Waals surface area (Å²) in [4.78, 5) is 5.23. The van der Waals surface area contributed by atoms with E-state index in [1.54, 1.807) is 0 Å². The highest BCUT2D eigenvalue weighted by molar-refractivity contribution is 7.21. The van der Waals surface area contributed by atoms with Crippen molar-refractivity contribution in [3.63, 3.8) is 0 Å². The number of fused-ring (bicyclic) bond motifs is 1. The van der Waals surface area contributed by atoms with Crippen molar-refractivity contribution in [1.82, 2.24) is 0 Å². The number of hydrogen-bond donors (Lipinski definition) is 1. The van der Waals surface area contributed by atoms with E-state index in [1.165, 1.54) is 11.3 Å². The van der Waals surface area contributed by atoms with E-state index in [1.807, 2.05) is 54.6 Å². The number of terminal acetylenes is 1. The Morgan fingerprint density at radius 2 is 1.81 bits per heavy atom. The van der Waals surface area contributed by atoms with Crippen LogP contribution in [0.4, 0.5) is 0 Å². The van der Waals surface area contributed by atoms with Gasteiger partial charge in [-0.25, -0.2) is 0 Å². The highest BCUT2D eigenvalue weighted by Crippen LogP contribution is 2.38. The zero-order chi connectivity index (χ0) is 14.7. The van der Waals surface area contributed by atoms with Crippen molar-refractivity contribution in [3.05, 3.63) is 65.0 Å². The molecule has 0 bridgehead atoms. The van der Waals surface area contributed by atoms with Crippen molar-refractivity contribution in [3.8, 4) is 18.1 Å². The molecule has 1 heterocycles. The maximum absolute atomic E-state index is 10.5. The Labute approximate surface area is 127 Å². The first kappa shape index (κ1) is 13.4. The number of thiophene rings is 1. The van der Waals surface area contributed by atoms with Gasteiger partial charge in [-0.15, -0.1) is 17.8 Å². The summed E-state index contributed by atoms with van der Waals surface area (Å²) in [6.07, 6.45) is 5.33. The molecule has 0 amide bonds. The minimum Gasteiger partial charge on any atom is -0.506 e. The Morgan fingerprint density at radius 1 is 1.10 bits per heavy atom. The third kappa shape index (κ3) is 2.54. The molecule has 0 aliphatic rings. The molecule has 1 N–H and O–H groups in total. The summed E-state index contributed by atoms with van der Waals surface area (Å²) in [5.41, 5.74) is 1.70. The van der Waals surface area contributed by atoms with Crippen LogP contribution in [-0.4, -0.2) is 17.4 Å². The smallest absolute Gasteiger partial charge is 0.143 e. The number of benzene rings is 2. The molecule has 3 heteroatoms. The summed E-state index contributed by atoms with van der Waals surface area (Å²) in [5, 5.41) is 11.3. The highest BCUT2D eigenvalue weighted by atomic mass is 32.1. The van der Waals surface area contributed by atoms with Gasteiger partial charge in [0.15, 0.2) is 0 Å². The lowest BCUT2D eigenvalue weighted by Gasteiger charge is -2.05. The molecule has 2 nitrogen and oxygen atoms in total. The lowest BCUT2D eigenvalue weighted by molar-refractivity contribution is 0.483. The molecular formula is C18H13NOS. The van der Waals surface area contributed by atoms with E-state index in [-0.39, 0.29) is 12.3 Å². The maximum atomic E-state index is 10.5. The molecule has 2 aromatic carbocycles. The molecule has 3 aromatic rings. The van der Waals surface area contributed by atoms with E-state index in [9.17, 15) is 5.11 Å². The van der Waals surface area contributed by atoms with Crippen LogP contribution < -0.4 is 0 Å². The Bertz CT molecular complexity index is 841. The Morgan fingerprint density at radius 3 is 2.52 bits per heavy atom. The predicted octanol–water partition coefficient (Wildman–Crippen LogP) is 4.08. The summed E-state index contributed by atoms with van der Waals surface area (Å²) in [6.45, 7) is 0.290. The molecule has 0 aliphatic carbocycles. The lowest BCUT2D eigenvalue weighted by atomic mass is 10.1.